The van der Waals surface area contributed by atoms with Crippen LogP contribution in [0.2, 0.25) is 0 Å². The fraction of sp³-hybridized carbons (Fsp3) is 0.500. The van der Waals surface area contributed by atoms with E-state index in [0.717, 1.165) is 26.1 Å². The van der Waals surface area contributed by atoms with Crippen molar-refractivity contribution in [3.63, 3.8) is 0 Å². The van der Waals surface area contributed by atoms with E-state index in [1.165, 1.54) is 11.1 Å². The molecule has 0 aromatic heterocycles. The van der Waals surface area contributed by atoms with E-state index in [4.69, 9.17) is 4.74 Å². The van der Waals surface area contributed by atoms with Crippen LogP contribution in [0, 0.1) is 0 Å². The number of rotatable bonds is 5. The monoisotopic (exact) mass is 248 g/mol. The van der Waals surface area contributed by atoms with Gasteiger partial charge in [-0.25, -0.2) is 0 Å². The lowest BCUT2D eigenvalue weighted by Gasteiger charge is -2.26. The van der Waals surface area contributed by atoms with E-state index in [9.17, 15) is 4.79 Å². The first kappa shape index (κ1) is 13.1. The molecule has 1 aromatic carbocycles. The molecule has 18 heavy (non-hydrogen) atoms. The largest absolute Gasteiger partial charge is 0.375 e. The van der Waals surface area contributed by atoms with Gasteiger partial charge in [0.15, 0.2) is 0 Å². The van der Waals surface area contributed by atoms with Crippen LogP contribution in [0.25, 0.3) is 0 Å². The Bertz CT molecular complexity index is 407. The SMILES string of the molecule is CC(=O)NCCCNC1COCc2ccccc21. The molecule has 2 N–H and O–H groups in total. The molecule has 1 aliphatic heterocycles. The van der Waals surface area contributed by atoms with Crippen LogP contribution in [0.4, 0.5) is 0 Å². The minimum Gasteiger partial charge on any atom is -0.375 e. The molecule has 1 aliphatic rings. The van der Waals surface area contributed by atoms with E-state index >= 15 is 0 Å². The van der Waals surface area contributed by atoms with Crippen LogP contribution >= 0.6 is 0 Å². The second kappa shape index (κ2) is 6.52. The van der Waals surface area contributed by atoms with Gasteiger partial charge in [0, 0.05) is 13.5 Å². The van der Waals surface area contributed by atoms with Crippen LogP contribution in [0.5, 0.6) is 0 Å². The minimum absolute atomic E-state index is 0.0290. The predicted octanol–water partition coefficient (Wildman–Crippen LogP) is 1.37. The Morgan fingerprint density at radius 1 is 1.39 bits per heavy atom. The van der Waals surface area contributed by atoms with Gasteiger partial charge in [0.05, 0.1) is 19.3 Å². The normalized spacial score (nSPS) is 18.2. The lowest BCUT2D eigenvalue weighted by molar-refractivity contribution is -0.118. The first-order chi connectivity index (χ1) is 8.77. The number of ether oxygens (including phenoxy) is 1. The summed E-state index contributed by atoms with van der Waals surface area (Å²) in [5.41, 5.74) is 2.60. The van der Waals surface area contributed by atoms with Crippen LogP contribution in [0.15, 0.2) is 24.3 Å². The number of benzene rings is 1. The van der Waals surface area contributed by atoms with E-state index in [1.807, 2.05) is 6.07 Å². The average molecular weight is 248 g/mol. The molecular weight excluding hydrogens is 228 g/mol. The Hall–Kier alpha value is -1.39. The van der Waals surface area contributed by atoms with Crippen LogP contribution in [-0.2, 0) is 16.1 Å². The first-order valence-corrected chi connectivity index (χ1v) is 6.41. The van der Waals surface area contributed by atoms with E-state index in [1.54, 1.807) is 6.92 Å². The molecule has 1 aromatic rings. The summed E-state index contributed by atoms with van der Waals surface area (Å²) < 4.78 is 5.57. The number of hydrogen-bond acceptors (Lipinski definition) is 3. The molecule has 1 atom stereocenters. The van der Waals surface area contributed by atoms with Gasteiger partial charge >= 0.3 is 0 Å². The predicted molar refractivity (Wildman–Crippen MR) is 70.1 cm³/mol. The van der Waals surface area contributed by atoms with Crippen molar-refractivity contribution in [3.8, 4) is 0 Å². The summed E-state index contributed by atoms with van der Waals surface area (Å²) in [7, 11) is 0. The third-order valence-corrected chi connectivity index (χ3v) is 3.09. The van der Waals surface area contributed by atoms with Crippen LogP contribution in [-0.4, -0.2) is 25.6 Å². The number of amides is 1. The molecule has 1 amide bonds. The van der Waals surface area contributed by atoms with E-state index in [-0.39, 0.29) is 11.9 Å². The topological polar surface area (TPSA) is 50.4 Å². The van der Waals surface area contributed by atoms with Gasteiger partial charge in [0.1, 0.15) is 0 Å². The molecule has 2 rings (SSSR count). The molecule has 0 radical (unpaired) electrons. The van der Waals surface area contributed by atoms with Gasteiger partial charge in [-0.3, -0.25) is 4.79 Å². The first-order valence-electron chi connectivity index (χ1n) is 6.41. The Morgan fingerprint density at radius 2 is 2.22 bits per heavy atom. The number of carbonyl (C=O) groups is 1. The molecule has 0 saturated heterocycles. The Balaban J connectivity index is 1.79. The highest BCUT2D eigenvalue weighted by molar-refractivity contribution is 5.72. The van der Waals surface area contributed by atoms with Crippen molar-refractivity contribution in [2.75, 3.05) is 19.7 Å². The molecule has 0 fully saturated rings. The highest BCUT2D eigenvalue weighted by Gasteiger charge is 2.19. The zero-order valence-corrected chi connectivity index (χ0v) is 10.7. The standard InChI is InChI=1S/C14H20N2O2/c1-11(17)15-7-4-8-16-14-10-18-9-12-5-2-3-6-13(12)14/h2-3,5-6,14,16H,4,7-10H2,1H3,(H,15,17). The van der Waals surface area contributed by atoms with Gasteiger partial charge < -0.3 is 15.4 Å². The van der Waals surface area contributed by atoms with Crippen molar-refractivity contribution in [1.29, 1.82) is 0 Å². The van der Waals surface area contributed by atoms with Crippen molar-refractivity contribution >= 4 is 5.91 Å². The van der Waals surface area contributed by atoms with Crippen molar-refractivity contribution < 1.29 is 9.53 Å². The summed E-state index contributed by atoms with van der Waals surface area (Å²) in [5.74, 6) is 0.0290. The van der Waals surface area contributed by atoms with E-state index < -0.39 is 0 Å². The highest BCUT2D eigenvalue weighted by atomic mass is 16.5. The fourth-order valence-electron chi connectivity index (χ4n) is 2.18. The van der Waals surface area contributed by atoms with Crippen LogP contribution < -0.4 is 10.6 Å². The zero-order chi connectivity index (χ0) is 12.8. The number of nitrogens with one attached hydrogen (secondary N) is 2. The van der Waals surface area contributed by atoms with Crippen LogP contribution in [0.1, 0.15) is 30.5 Å². The summed E-state index contributed by atoms with van der Waals surface area (Å²) in [6.45, 7) is 4.57. The van der Waals surface area contributed by atoms with Gasteiger partial charge in [0.25, 0.3) is 0 Å². The number of carbonyl (C=O) groups excluding carboxylic acids is 1. The molecule has 98 valence electrons. The Morgan fingerprint density at radius 3 is 3.06 bits per heavy atom. The average Bonchev–Trinajstić information content (AvgIpc) is 2.38. The highest BCUT2D eigenvalue weighted by Crippen LogP contribution is 2.24. The molecule has 0 spiro atoms. The maximum Gasteiger partial charge on any atom is 0.216 e. The zero-order valence-electron chi connectivity index (χ0n) is 10.7. The fourth-order valence-corrected chi connectivity index (χ4v) is 2.18. The van der Waals surface area contributed by atoms with Crippen molar-refractivity contribution in [2.24, 2.45) is 0 Å². The summed E-state index contributed by atoms with van der Waals surface area (Å²) >= 11 is 0. The third kappa shape index (κ3) is 3.55. The minimum atomic E-state index is 0.0290. The summed E-state index contributed by atoms with van der Waals surface area (Å²) in [6, 6.07) is 8.65. The summed E-state index contributed by atoms with van der Waals surface area (Å²) in [4.78, 5) is 10.7. The molecule has 4 nitrogen and oxygen atoms in total. The number of hydrogen-bond donors (Lipinski definition) is 2. The van der Waals surface area contributed by atoms with Crippen molar-refractivity contribution in [3.05, 3.63) is 35.4 Å². The lowest BCUT2D eigenvalue weighted by atomic mass is 9.99. The number of fused-ring (bicyclic) bond motifs is 1. The molecular formula is C14H20N2O2. The third-order valence-electron chi connectivity index (χ3n) is 3.09. The van der Waals surface area contributed by atoms with Crippen molar-refractivity contribution in [2.45, 2.75) is 26.0 Å². The molecule has 0 aliphatic carbocycles. The van der Waals surface area contributed by atoms with Crippen LogP contribution in [0.3, 0.4) is 0 Å². The maximum absolute atomic E-state index is 10.7. The van der Waals surface area contributed by atoms with Gasteiger partial charge in [-0.15, -0.1) is 0 Å². The van der Waals surface area contributed by atoms with E-state index in [0.29, 0.717) is 6.61 Å². The molecule has 1 heterocycles. The Kier molecular flexibility index (Phi) is 4.73. The quantitative estimate of drug-likeness (QED) is 0.774. The van der Waals surface area contributed by atoms with Gasteiger partial charge in [-0.2, -0.15) is 0 Å². The molecule has 0 saturated carbocycles. The van der Waals surface area contributed by atoms with Gasteiger partial charge in [-0.1, -0.05) is 24.3 Å². The van der Waals surface area contributed by atoms with Gasteiger partial charge in [-0.05, 0) is 24.1 Å². The molecule has 1 unspecified atom stereocenters. The second-order valence-corrected chi connectivity index (χ2v) is 4.56. The second-order valence-electron chi connectivity index (χ2n) is 4.56. The smallest absolute Gasteiger partial charge is 0.216 e. The van der Waals surface area contributed by atoms with Crippen molar-refractivity contribution in [1.82, 2.24) is 10.6 Å². The molecule has 4 heteroatoms. The lowest BCUT2D eigenvalue weighted by Crippen LogP contribution is -2.32. The maximum atomic E-state index is 10.7. The van der Waals surface area contributed by atoms with E-state index in [2.05, 4.69) is 28.8 Å². The Labute approximate surface area is 108 Å². The molecule has 0 bridgehead atoms. The van der Waals surface area contributed by atoms with Gasteiger partial charge in [0.2, 0.25) is 5.91 Å². The summed E-state index contributed by atoms with van der Waals surface area (Å²) in [5, 5.41) is 6.27. The summed E-state index contributed by atoms with van der Waals surface area (Å²) in [6.07, 6.45) is 0.929.